The van der Waals surface area contributed by atoms with Gasteiger partial charge >= 0.3 is 0 Å². The lowest BCUT2D eigenvalue weighted by molar-refractivity contribution is 0.423. The van der Waals surface area contributed by atoms with Gasteiger partial charge in [0.05, 0.1) is 12.1 Å². The van der Waals surface area contributed by atoms with Gasteiger partial charge in [0.15, 0.2) is 5.82 Å². The van der Waals surface area contributed by atoms with Gasteiger partial charge in [0, 0.05) is 0 Å². The highest BCUT2D eigenvalue weighted by atomic mass is 35.5. The first-order chi connectivity index (χ1) is 6.79. The fourth-order valence-corrected chi connectivity index (χ4v) is 1.02. The minimum Gasteiger partial charge on any atom is -0.332 e. The fraction of sp³-hybridized carbons (Fsp3) is 0.125. The number of aromatic nitrogens is 3. The molecule has 4 nitrogen and oxygen atoms in total. The maximum absolute atomic E-state index is 12.5. The van der Waals surface area contributed by atoms with Gasteiger partial charge in [0.1, 0.15) is 11.5 Å². The third-order valence-electron chi connectivity index (χ3n) is 1.53. The predicted molar refractivity (Wildman–Crippen MR) is 47.0 cm³/mol. The van der Waals surface area contributed by atoms with Gasteiger partial charge in [-0.1, -0.05) is 5.16 Å². The maximum atomic E-state index is 12.5. The Morgan fingerprint density at radius 1 is 1.43 bits per heavy atom. The number of hydrogen-bond acceptors (Lipinski definition) is 4. The molecule has 72 valence electrons. The van der Waals surface area contributed by atoms with E-state index in [0.29, 0.717) is 11.5 Å². The molecule has 2 rings (SSSR count). The van der Waals surface area contributed by atoms with Crippen molar-refractivity contribution in [1.82, 2.24) is 15.1 Å². The summed E-state index contributed by atoms with van der Waals surface area (Å²) in [5, 5.41) is 3.58. The number of alkyl halides is 1. The standard InChI is InChI=1S/C8H5ClFN3O/c9-3-7-12-8(14-13-7)6-2-1-5(10)4-11-6/h1-2,4H,3H2. The molecule has 0 saturated heterocycles. The molecule has 2 heterocycles. The maximum Gasteiger partial charge on any atom is 0.276 e. The molecule has 0 aliphatic heterocycles. The molecule has 0 aliphatic carbocycles. The van der Waals surface area contributed by atoms with E-state index in [1.807, 2.05) is 0 Å². The summed E-state index contributed by atoms with van der Waals surface area (Å²) in [4.78, 5) is 7.72. The summed E-state index contributed by atoms with van der Waals surface area (Å²) in [5.41, 5.74) is 0.426. The van der Waals surface area contributed by atoms with Gasteiger partial charge in [-0.15, -0.1) is 11.6 Å². The molecular formula is C8H5ClFN3O. The number of halogens is 2. The number of rotatable bonds is 2. The van der Waals surface area contributed by atoms with Gasteiger partial charge < -0.3 is 4.52 Å². The van der Waals surface area contributed by atoms with Crippen molar-refractivity contribution in [1.29, 1.82) is 0 Å². The molecule has 0 aliphatic rings. The smallest absolute Gasteiger partial charge is 0.276 e. The van der Waals surface area contributed by atoms with Crippen LogP contribution in [0.2, 0.25) is 0 Å². The highest BCUT2D eigenvalue weighted by Gasteiger charge is 2.08. The molecule has 6 heteroatoms. The van der Waals surface area contributed by atoms with Gasteiger partial charge in [-0.05, 0) is 12.1 Å². The molecule has 2 aromatic heterocycles. The van der Waals surface area contributed by atoms with Crippen LogP contribution in [-0.2, 0) is 5.88 Å². The number of nitrogens with zero attached hydrogens (tertiary/aromatic N) is 3. The van der Waals surface area contributed by atoms with Gasteiger partial charge in [0.25, 0.3) is 5.89 Å². The Balaban J connectivity index is 2.34. The van der Waals surface area contributed by atoms with Crippen LogP contribution < -0.4 is 0 Å². The molecule has 2 aromatic rings. The monoisotopic (exact) mass is 213 g/mol. The Morgan fingerprint density at radius 3 is 2.86 bits per heavy atom. The van der Waals surface area contributed by atoms with Crippen molar-refractivity contribution in [2.45, 2.75) is 5.88 Å². The van der Waals surface area contributed by atoms with Crippen molar-refractivity contribution < 1.29 is 8.91 Å². The van der Waals surface area contributed by atoms with Gasteiger partial charge in [-0.3, -0.25) is 0 Å². The first kappa shape index (κ1) is 9.08. The van der Waals surface area contributed by atoms with Gasteiger partial charge in [-0.25, -0.2) is 9.37 Å². The number of pyridine rings is 1. The summed E-state index contributed by atoms with van der Waals surface area (Å²) in [7, 11) is 0. The Bertz CT molecular complexity index is 428. The highest BCUT2D eigenvalue weighted by Crippen LogP contribution is 2.14. The normalized spacial score (nSPS) is 10.4. The summed E-state index contributed by atoms with van der Waals surface area (Å²) >= 11 is 5.49. The lowest BCUT2D eigenvalue weighted by Gasteiger charge is -1.91. The lowest BCUT2D eigenvalue weighted by atomic mass is 10.3. The minimum absolute atomic E-state index is 0.171. The van der Waals surface area contributed by atoms with Crippen LogP contribution in [0.15, 0.2) is 22.9 Å². The van der Waals surface area contributed by atoms with Crippen LogP contribution in [0, 0.1) is 5.82 Å². The lowest BCUT2D eigenvalue weighted by Crippen LogP contribution is -1.85. The van der Waals surface area contributed by atoms with E-state index in [2.05, 4.69) is 15.1 Å². The second-order valence-corrected chi connectivity index (χ2v) is 2.78. The summed E-state index contributed by atoms with van der Waals surface area (Å²) in [5.74, 6) is 0.379. The van der Waals surface area contributed by atoms with Crippen molar-refractivity contribution in [3.8, 4) is 11.6 Å². The van der Waals surface area contributed by atoms with E-state index < -0.39 is 5.82 Å². The third-order valence-corrected chi connectivity index (χ3v) is 1.77. The average Bonchev–Trinajstić information content (AvgIpc) is 2.67. The van der Waals surface area contributed by atoms with Crippen LogP contribution in [-0.4, -0.2) is 15.1 Å². The Morgan fingerprint density at radius 2 is 2.29 bits per heavy atom. The Labute approximate surface area is 83.7 Å². The minimum atomic E-state index is -0.411. The molecule has 0 fully saturated rings. The quantitative estimate of drug-likeness (QED) is 0.716. The van der Waals surface area contributed by atoms with Crippen molar-refractivity contribution >= 4 is 11.6 Å². The van der Waals surface area contributed by atoms with Crippen molar-refractivity contribution in [2.24, 2.45) is 0 Å². The van der Waals surface area contributed by atoms with Crippen LogP contribution in [0.3, 0.4) is 0 Å². The van der Waals surface area contributed by atoms with Crippen LogP contribution in [0.5, 0.6) is 0 Å². The summed E-state index contributed by atoms with van der Waals surface area (Å²) in [6.45, 7) is 0. The van der Waals surface area contributed by atoms with E-state index in [1.54, 1.807) is 0 Å². The molecule has 0 unspecified atom stereocenters. The Hall–Kier alpha value is -1.49. The van der Waals surface area contributed by atoms with Crippen LogP contribution in [0.4, 0.5) is 4.39 Å². The predicted octanol–water partition coefficient (Wildman–Crippen LogP) is 2.01. The second kappa shape index (κ2) is 3.71. The largest absolute Gasteiger partial charge is 0.332 e. The fourth-order valence-electron chi connectivity index (χ4n) is 0.915. The molecule has 0 N–H and O–H groups in total. The molecule has 0 bridgehead atoms. The molecule has 0 spiro atoms. The molecule has 0 aromatic carbocycles. The SMILES string of the molecule is Fc1ccc(-c2nc(CCl)no2)nc1. The van der Waals surface area contributed by atoms with Crippen LogP contribution in [0.25, 0.3) is 11.6 Å². The topological polar surface area (TPSA) is 51.8 Å². The van der Waals surface area contributed by atoms with E-state index >= 15 is 0 Å². The Kier molecular flexibility index (Phi) is 2.41. The molecule has 0 amide bonds. The summed E-state index contributed by atoms with van der Waals surface area (Å²) in [6, 6.07) is 2.73. The zero-order valence-electron chi connectivity index (χ0n) is 6.94. The first-order valence-corrected chi connectivity index (χ1v) is 4.33. The van der Waals surface area contributed by atoms with Crippen molar-refractivity contribution in [3.05, 3.63) is 30.0 Å². The second-order valence-electron chi connectivity index (χ2n) is 2.51. The molecule has 14 heavy (non-hydrogen) atoms. The molecule has 0 radical (unpaired) electrons. The average molecular weight is 214 g/mol. The summed E-state index contributed by atoms with van der Waals surface area (Å²) in [6.07, 6.45) is 1.08. The molecule has 0 saturated carbocycles. The van der Waals surface area contributed by atoms with Crippen LogP contribution >= 0.6 is 11.6 Å². The van der Waals surface area contributed by atoms with E-state index in [9.17, 15) is 4.39 Å². The van der Waals surface area contributed by atoms with Crippen molar-refractivity contribution in [3.63, 3.8) is 0 Å². The van der Waals surface area contributed by atoms with E-state index in [-0.39, 0.29) is 11.8 Å². The number of hydrogen-bond donors (Lipinski definition) is 0. The van der Waals surface area contributed by atoms with E-state index in [1.165, 1.54) is 12.1 Å². The first-order valence-electron chi connectivity index (χ1n) is 3.80. The van der Waals surface area contributed by atoms with Gasteiger partial charge in [-0.2, -0.15) is 4.98 Å². The van der Waals surface area contributed by atoms with Gasteiger partial charge in [0.2, 0.25) is 0 Å². The zero-order valence-corrected chi connectivity index (χ0v) is 7.70. The highest BCUT2D eigenvalue weighted by molar-refractivity contribution is 6.16. The van der Waals surface area contributed by atoms with E-state index in [4.69, 9.17) is 16.1 Å². The zero-order chi connectivity index (χ0) is 9.97. The molecule has 0 atom stereocenters. The van der Waals surface area contributed by atoms with E-state index in [0.717, 1.165) is 6.20 Å². The third kappa shape index (κ3) is 1.72. The van der Waals surface area contributed by atoms with Crippen LogP contribution in [0.1, 0.15) is 5.82 Å². The van der Waals surface area contributed by atoms with Crippen molar-refractivity contribution in [2.75, 3.05) is 0 Å². The molecular weight excluding hydrogens is 209 g/mol. The summed E-state index contributed by atoms with van der Waals surface area (Å²) < 4.78 is 17.4.